The Bertz CT molecular complexity index is 1070. The highest BCUT2D eigenvalue weighted by Gasteiger charge is 2.30. The van der Waals surface area contributed by atoms with E-state index in [0.717, 1.165) is 49.6 Å². The van der Waals surface area contributed by atoms with E-state index in [9.17, 15) is 18.0 Å². The Morgan fingerprint density at radius 1 is 1.18 bits per heavy atom. The van der Waals surface area contributed by atoms with Crippen molar-refractivity contribution in [1.29, 1.82) is 0 Å². The van der Waals surface area contributed by atoms with Crippen molar-refractivity contribution < 1.29 is 22.7 Å². The molecular formula is C23H23F3N4O2S. The first-order chi connectivity index (χ1) is 15.9. The van der Waals surface area contributed by atoms with Crippen LogP contribution >= 0.6 is 11.3 Å². The van der Waals surface area contributed by atoms with E-state index in [1.54, 1.807) is 17.6 Å². The van der Waals surface area contributed by atoms with Gasteiger partial charge in [0.2, 0.25) is 0 Å². The molecule has 1 aromatic carbocycles. The number of nitrogens with zero attached hydrogens (tertiary/aromatic N) is 3. The zero-order valence-corrected chi connectivity index (χ0v) is 18.5. The van der Waals surface area contributed by atoms with Crippen LogP contribution in [0.2, 0.25) is 0 Å². The van der Waals surface area contributed by atoms with Crippen LogP contribution in [0.3, 0.4) is 0 Å². The second kappa shape index (κ2) is 10.2. The molecule has 0 radical (unpaired) electrons. The molecule has 1 saturated heterocycles. The normalized spacial score (nSPS) is 14.8. The molecule has 33 heavy (non-hydrogen) atoms. The minimum absolute atomic E-state index is 0.154. The van der Waals surface area contributed by atoms with Gasteiger partial charge in [-0.05, 0) is 43.0 Å². The first-order valence-corrected chi connectivity index (χ1v) is 11.5. The van der Waals surface area contributed by atoms with Gasteiger partial charge in [0.15, 0.2) is 0 Å². The third-order valence-corrected chi connectivity index (χ3v) is 6.16. The van der Waals surface area contributed by atoms with Crippen molar-refractivity contribution in [3.63, 3.8) is 0 Å². The first-order valence-electron chi connectivity index (χ1n) is 10.6. The topological polar surface area (TPSA) is 67.4 Å². The van der Waals surface area contributed by atoms with Crippen LogP contribution < -0.4 is 10.2 Å². The predicted octanol–water partition coefficient (Wildman–Crippen LogP) is 5.37. The molecule has 3 aromatic rings. The Hall–Kier alpha value is -3.14. The van der Waals surface area contributed by atoms with Gasteiger partial charge in [-0.15, -0.1) is 11.3 Å². The maximum absolute atomic E-state index is 13.0. The molecule has 0 spiro atoms. The monoisotopic (exact) mass is 476 g/mol. The van der Waals surface area contributed by atoms with Gasteiger partial charge in [-0.2, -0.15) is 13.2 Å². The number of rotatable bonds is 6. The molecule has 2 aromatic heterocycles. The third-order valence-electron chi connectivity index (χ3n) is 5.53. The molecule has 0 atom stereocenters. The Morgan fingerprint density at radius 3 is 2.70 bits per heavy atom. The van der Waals surface area contributed by atoms with Crippen molar-refractivity contribution in [2.75, 3.05) is 24.5 Å². The smallest absolute Gasteiger partial charge is 0.416 e. The highest BCUT2D eigenvalue weighted by molar-refractivity contribution is 7.07. The van der Waals surface area contributed by atoms with Crippen LogP contribution in [-0.2, 0) is 17.5 Å². The van der Waals surface area contributed by atoms with E-state index in [4.69, 9.17) is 4.74 Å². The summed E-state index contributed by atoms with van der Waals surface area (Å²) in [5.74, 6) is 1.05. The SMILES string of the molecule is O=C(NCC1CCN(c2cccc(-c3cccc(C(F)(F)F)c3)n2)CC1)OCc1cscn1. The summed E-state index contributed by atoms with van der Waals surface area (Å²) >= 11 is 1.45. The Morgan fingerprint density at radius 2 is 1.97 bits per heavy atom. The average molecular weight is 477 g/mol. The van der Waals surface area contributed by atoms with Gasteiger partial charge in [0.1, 0.15) is 12.4 Å². The van der Waals surface area contributed by atoms with Gasteiger partial charge in [0.05, 0.1) is 22.5 Å². The molecule has 0 unspecified atom stereocenters. The van der Waals surface area contributed by atoms with Crippen molar-refractivity contribution in [3.05, 3.63) is 64.6 Å². The van der Waals surface area contributed by atoms with Gasteiger partial charge in [0.25, 0.3) is 0 Å². The Labute approximate surface area is 193 Å². The fraction of sp³-hybridized carbons (Fsp3) is 0.348. The maximum atomic E-state index is 13.0. The fourth-order valence-electron chi connectivity index (χ4n) is 3.71. The summed E-state index contributed by atoms with van der Waals surface area (Å²) in [5, 5.41) is 4.64. The first kappa shape index (κ1) is 23.0. The molecular weight excluding hydrogens is 453 g/mol. The van der Waals surface area contributed by atoms with Crippen LogP contribution in [0.15, 0.2) is 53.4 Å². The predicted molar refractivity (Wildman–Crippen MR) is 120 cm³/mol. The van der Waals surface area contributed by atoms with Gasteiger partial charge in [0, 0.05) is 30.6 Å². The number of carbonyl (C=O) groups excluding carboxylic acids is 1. The molecule has 0 bridgehead atoms. The van der Waals surface area contributed by atoms with Crippen molar-refractivity contribution in [1.82, 2.24) is 15.3 Å². The van der Waals surface area contributed by atoms with Crippen molar-refractivity contribution in [2.24, 2.45) is 5.92 Å². The van der Waals surface area contributed by atoms with E-state index in [-0.39, 0.29) is 6.61 Å². The summed E-state index contributed by atoms with van der Waals surface area (Å²) in [6.07, 6.45) is -3.12. The number of hydrogen-bond donors (Lipinski definition) is 1. The lowest BCUT2D eigenvalue weighted by molar-refractivity contribution is -0.137. The van der Waals surface area contributed by atoms with Crippen LogP contribution in [0.25, 0.3) is 11.3 Å². The van der Waals surface area contributed by atoms with Crippen LogP contribution in [0.5, 0.6) is 0 Å². The highest BCUT2D eigenvalue weighted by atomic mass is 32.1. The molecule has 0 saturated carbocycles. The number of nitrogens with one attached hydrogen (secondary N) is 1. The minimum Gasteiger partial charge on any atom is -0.443 e. The zero-order valence-electron chi connectivity index (χ0n) is 17.7. The summed E-state index contributed by atoms with van der Waals surface area (Å²) < 4.78 is 44.3. The number of alkyl halides is 3. The molecule has 6 nitrogen and oxygen atoms in total. The summed E-state index contributed by atoms with van der Waals surface area (Å²) in [6.45, 7) is 2.18. The lowest BCUT2D eigenvalue weighted by Crippen LogP contribution is -2.39. The quantitative estimate of drug-likeness (QED) is 0.518. The second-order valence-corrected chi connectivity index (χ2v) is 8.55. The Balaban J connectivity index is 1.29. The Kier molecular flexibility index (Phi) is 7.12. The third kappa shape index (κ3) is 6.22. The van der Waals surface area contributed by atoms with Crippen LogP contribution in [0.1, 0.15) is 24.1 Å². The minimum atomic E-state index is -4.39. The number of alkyl carbamates (subject to hydrolysis) is 1. The molecule has 174 valence electrons. The fourth-order valence-corrected chi connectivity index (χ4v) is 4.25. The molecule has 3 heterocycles. The van der Waals surface area contributed by atoms with E-state index in [1.165, 1.54) is 17.4 Å². The molecule has 1 amide bonds. The van der Waals surface area contributed by atoms with E-state index >= 15 is 0 Å². The molecule has 1 fully saturated rings. The number of hydrogen-bond acceptors (Lipinski definition) is 6. The molecule has 1 aliphatic rings. The number of carbonyl (C=O) groups is 1. The van der Waals surface area contributed by atoms with Gasteiger partial charge >= 0.3 is 12.3 Å². The van der Waals surface area contributed by atoms with Crippen LogP contribution in [-0.4, -0.2) is 35.7 Å². The van der Waals surface area contributed by atoms with Crippen molar-refractivity contribution >= 4 is 23.2 Å². The molecule has 1 aliphatic heterocycles. The van der Waals surface area contributed by atoms with Crippen LogP contribution in [0, 0.1) is 5.92 Å². The largest absolute Gasteiger partial charge is 0.443 e. The lowest BCUT2D eigenvalue weighted by atomic mass is 9.97. The molecule has 4 rings (SSSR count). The van der Waals surface area contributed by atoms with Crippen LogP contribution in [0.4, 0.5) is 23.8 Å². The number of benzene rings is 1. The number of pyridine rings is 1. The number of aromatic nitrogens is 2. The number of thiazole rings is 1. The van der Waals surface area contributed by atoms with Gasteiger partial charge in [-0.1, -0.05) is 18.2 Å². The number of halogens is 3. The number of anilines is 1. The molecule has 10 heteroatoms. The summed E-state index contributed by atoms with van der Waals surface area (Å²) in [5.41, 5.74) is 2.66. The zero-order chi connectivity index (χ0) is 23.3. The number of amides is 1. The summed E-state index contributed by atoms with van der Waals surface area (Å²) in [6, 6.07) is 10.6. The average Bonchev–Trinajstić information content (AvgIpc) is 3.35. The standard InChI is InChI=1S/C23H23F3N4O2S/c24-23(25,26)18-4-1-3-17(11-18)20-5-2-6-21(29-20)30-9-7-16(8-10-30)12-27-22(31)32-13-19-14-33-15-28-19/h1-6,11,14-16H,7-10,12-13H2,(H,27,31). The van der Waals surface area contributed by atoms with E-state index < -0.39 is 17.8 Å². The van der Waals surface area contributed by atoms with E-state index in [2.05, 4.69) is 20.2 Å². The molecule has 0 aliphatic carbocycles. The number of ether oxygens (including phenoxy) is 1. The lowest BCUT2D eigenvalue weighted by Gasteiger charge is -2.33. The molecule has 1 N–H and O–H groups in total. The van der Waals surface area contributed by atoms with Gasteiger partial charge in [-0.3, -0.25) is 0 Å². The highest BCUT2D eigenvalue weighted by Crippen LogP contribution is 2.32. The van der Waals surface area contributed by atoms with E-state index in [1.807, 2.05) is 17.5 Å². The van der Waals surface area contributed by atoms with Gasteiger partial charge < -0.3 is 15.0 Å². The van der Waals surface area contributed by atoms with Crippen molar-refractivity contribution in [3.8, 4) is 11.3 Å². The maximum Gasteiger partial charge on any atom is 0.416 e. The summed E-state index contributed by atoms with van der Waals surface area (Å²) in [4.78, 5) is 22.7. The number of piperidine rings is 1. The van der Waals surface area contributed by atoms with Crippen molar-refractivity contribution in [2.45, 2.75) is 25.6 Å². The second-order valence-electron chi connectivity index (χ2n) is 7.83. The van der Waals surface area contributed by atoms with Gasteiger partial charge in [-0.25, -0.2) is 14.8 Å². The summed E-state index contributed by atoms with van der Waals surface area (Å²) in [7, 11) is 0. The van der Waals surface area contributed by atoms with E-state index in [0.29, 0.717) is 23.7 Å².